The predicted octanol–water partition coefficient (Wildman–Crippen LogP) is 2.21. The third-order valence-corrected chi connectivity index (χ3v) is 4.18. The fourth-order valence-electron chi connectivity index (χ4n) is 2.97. The Morgan fingerprint density at radius 2 is 1.91 bits per heavy atom. The zero-order chi connectivity index (χ0) is 15.7. The highest BCUT2D eigenvalue weighted by molar-refractivity contribution is 5.73. The van der Waals surface area contributed by atoms with Crippen molar-refractivity contribution in [3.05, 3.63) is 29.3 Å². The lowest BCUT2D eigenvalue weighted by Gasteiger charge is -2.31. The lowest BCUT2D eigenvalue weighted by Crippen LogP contribution is -2.36. The van der Waals surface area contributed by atoms with Gasteiger partial charge in [-0.05, 0) is 38.8 Å². The molecule has 2 aromatic rings. The Morgan fingerprint density at radius 1 is 1.18 bits per heavy atom. The first-order chi connectivity index (χ1) is 10.5. The van der Waals surface area contributed by atoms with Gasteiger partial charge in [0, 0.05) is 37.3 Å². The lowest BCUT2D eigenvalue weighted by molar-refractivity contribution is -0.129. The van der Waals surface area contributed by atoms with E-state index in [2.05, 4.69) is 20.2 Å². The number of hydrogen-bond donors (Lipinski definition) is 1. The summed E-state index contributed by atoms with van der Waals surface area (Å²) >= 11 is 0. The largest absolute Gasteiger partial charge is 0.343 e. The zero-order valence-electron chi connectivity index (χ0n) is 13.3. The van der Waals surface area contributed by atoms with Crippen molar-refractivity contribution >= 4 is 5.91 Å². The Hall–Kier alpha value is -2.24. The molecule has 6 nitrogen and oxygen atoms in total. The minimum atomic E-state index is 0.157. The molecule has 0 aromatic carbocycles. The van der Waals surface area contributed by atoms with Crippen molar-refractivity contribution in [2.45, 2.75) is 39.5 Å². The van der Waals surface area contributed by atoms with Crippen molar-refractivity contribution in [3.8, 4) is 11.4 Å². The van der Waals surface area contributed by atoms with Gasteiger partial charge in [0.05, 0.1) is 5.69 Å². The first-order valence-electron chi connectivity index (χ1n) is 7.66. The van der Waals surface area contributed by atoms with E-state index >= 15 is 0 Å². The van der Waals surface area contributed by atoms with Gasteiger partial charge in [-0.15, -0.1) is 0 Å². The number of rotatable bonds is 2. The average Bonchev–Trinajstić information content (AvgIpc) is 2.93. The van der Waals surface area contributed by atoms with Crippen LogP contribution in [0, 0.1) is 13.8 Å². The second-order valence-electron chi connectivity index (χ2n) is 5.94. The number of nitrogens with zero attached hydrogens (tertiary/aromatic N) is 4. The van der Waals surface area contributed by atoms with Crippen LogP contribution < -0.4 is 0 Å². The molecule has 0 aliphatic carbocycles. The van der Waals surface area contributed by atoms with Crippen LogP contribution in [0.15, 0.2) is 12.1 Å². The smallest absolute Gasteiger partial charge is 0.219 e. The van der Waals surface area contributed by atoms with Crippen LogP contribution in [0.1, 0.15) is 42.9 Å². The molecular formula is C16H21N5O. The number of piperidine rings is 1. The molecule has 1 N–H and O–H groups in total. The van der Waals surface area contributed by atoms with Gasteiger partial charge in [-0.2, -0.15) is 5.10 Å². The predicted molar refractivity (Wildman–Crippen MR) is 83.3 cm³/mol. The minimum absolute atomic E-state index is 0.157. The number of aryl methyl sites for hydroxylation is 2. The zero-order valence-corrected chi connectivity index (χ0v) is 13.3. The van der Waals surface area contributed by atoms with E-state index in [4.69, 9.17) is 0 Å². The van der Waals surface area contributed by atoms with Crippen molar-refractivity contribution in [1.29, 1.82) is 0 Å². The Balaban J connectivity index is 1.83. The van der Waals surface area contributed by atoms with Crippen LogP contribution in [0.3, 0.4) is 0 Å². The number of nitrogens with one attached hydrogen (secondary N) is 1. The van der Waals surface area contributed by atoms with Crippen LogP contribution in [0.25, 0.3) is 11.4 Å². The molecule has 1 aliphatic heterocycles. The topological polar surface area (TPSA) is 74.8 Å². The van der Waals surface area contributed by atoms with Gasteiger partial charge >= 0.3 is 0 Å². The summed E-state index contributed by atoms with van der Waals surface area (Å²) in [5.74, 6) is 1.31. The highest BCUT2D eigenvalue weighted by atomic mass is 16.2. The van der Waals surface area contributed by atoms with Crippen molar-refractivity contribution in [2.24, 2.45) is 0 Å². The van der Waals surface area contributed by atoms with Gasteiger partial charge < -0.3 is 4.90 Å². The summed E-state index contributed by atoms with van der Waals surface area (Å²) in [4.78, 5) is 22.4. The van der Waals surface area contributed by atoms with E-state index < -0.39 is 0 Å². The molecule has 1 saturated heterocycles. The fraction of sp³-hybridized carbons (Fsp3) is 0.500. The monoisotopic (exact) mass is 299 g/mol. The van der Waals surface area contributed by atoms with E-state index in [-0.39, 0.29) is 5.91 Å². The molecule has 116 valence electrons. The summed E-state index contributed by atoms with van der Waals surface area (Å²) in [6, 6.07) is 4.03. The number of carbonyl (C=O) groups excluding carboxylic acids is 1. The van der Waals surface area contributed by atoms with Crippen molar-refractivity contribution in [2.75, 3.05) is 13.1 Å². The van der Waals surface area contributed by atoms with E-state index in [9.17, 15) is 4.79 Å². The molecule has 3 rings (SSSR count). The van der Waals surface area contributed by atoms with Gasteiger partial charge in [0.15, 0.2) is 0 Å². The Labute approximate surface area is 130 Å². The van der Waals surface area contributed by atoms with Crippen molar-refractivity contribution in [3.63, 3.8) is 0 Å². The van der Waals surface area contributed by atoms with Crippen molar-refractivity contribution < 1.29 is 4.79 Å². The summed E-state index contributed by atoms with van der Waals surface area (Å²) in [5.41, 5.74) is 3.79. The van der Waals surface area contributed by atoms with Gasteiger partial charge in [0.1, 0.15) is 11.5 Å². The first kappa shape index (κ1) is 14.7. The van der Waals surface area contributed by atoms with Gasteiger partial charge in [0.2, 0.25) is 5.91 Å². The summed E-state index contributed by atoms with van der Waals surface area (Å²) in [6.07, 6.45) is 1.91. The number of likely N-dealkylation sites (tertiary alicyclic amines) is 1. The molecule has 0 unspecified atom stereocenters. The van der Waals surface area contributed by atoms with E-state index in [1.54, 1.807) is 6.92 Å². The van der Waals surface area contributed by atoms with Gasteiger partial charge in [-0.25, -0.2) is 9.97 Å². The molecule has 1 amide bonds. The molecule has 22 heavy (non-hydrogen) atoms. The van der Waals surface area contributed by atoms with Crippen LogP contribution in [0.2, 0.25) is 0 Å². The maximum absolute atomic E-state index is 11.4. The Bertz CT molecular complexity index is 686. The van der Waals surface area contributed by atoms with Crippen molar-refractivity contribution in [1.82, 2.24) is 25.1 Å². The molecule has 2 aromatic heterocycles. The molecule has 1 fully saturated rings. The molecule has 0 atom stereocenters. The molecule has 0 saturated carbocycles. The molecule has 6 heteroatoms. The maximum atomic E-state index is 11.4. The summed E-state index contributed by atoms with van der Waals surface area (Å²) in [7, 11) is 0. The van der Waals surface area contributed by atoms with Crippen LogP contribution >= 0.6 is 0 Å². The second-order valence-corrected chi connectivity index (χ2v) is 5.94. The summed E-state index contributed by atoms with van der Waals surface area (Å²) < 4.78 is 0. The van der Waals surface area contributed by atoms with Gasteiger partial charge in [-0.1, -0.05) is 0 Å². The molecule has 3 heterocycles. The number of carbonyl (C=O) groups is 1. The second kappa shape index (κ2) is 5.87. The normalized spacial score (nSPS) is 16.0. The third-order valence-electron chi connectivity index (χ3n) is 4.18. The van der Waals surface area contributed by atoms with Crippen LogP contribution in [0.4, 0.5) is 0 Å². The fourth-order valence-corrected chi connectivity index (χ4v) is 2.97. The highest BCUT2D eigenvalue weighted by Crippen LogP contribution is 2.29. The highest BCUT2D eigenvalue weighted by Gasteiger charge is 2.23. The lowest BCUT2D eigenvalue weighted by atomic mass is 9.92. The molecule has 0 spiro atoms. The van der Waals surface area contributed by atoms with E-state index in [1.807, 2.05) is 30.9 Å². The Kier molecular flexibility index (Phi) is 3.92. The van der Waals surface area contributed by atoms with Crippen LogP contribution in [0.5, 0.6) is 0 Å². The molecular weight excluding hydrogens is 278 g/mol. The number of amides is 1. The van der Waals surface area contributed by atoms with Gasteiger partial charge in [-0.3, -0.25) is 9.89 Å². The third kappa shape index (κ3) is 3.00. The van der Waals surface area contributed by atoms with Crippen LogP contribution in [-0.4, -0.2) is 44.1 Å². The Morgan fingerprint density at radius 3 is 2.50 bits per heavy atom. The minimum Gasteiger partial charge on any atom is -0.343 e. The van der Waals surface area contributed by atoms with E-state index in [1.165, 1.54) is 0 Å². The van der Waals surface area contributed by atoms with E-state index in [0.717, 1.165) is 54.5 Å². The van der Waals surface area contributed by atoms with Crippen LogP contribution in [-0.2, 0) is 4.79 Å². The summed E-state index contributed by atoms with van der Waals surface area (Å²) in [6.45, 7) is 7.13. The first-order valence-corrected chi connectivity index (χ1v) is 7.66. The molecule has 0 radical (unpaired) electrons. The maximum Gasteiger partial charge on any atom is 0.219 e. The molecule has 1 aliphatic rings. The number of H-pyrrole nitrogens is 1. The standard InChI is InChI=1S/C16H21N5O/c1-10-8-16(20-19-10)15-9-14(17-11(2)18-15)13-4-6-21(7-5-13)12(3)22/h8-9,13H,4-7H2,1-3H3,(H,19,20). The van der Waals surface area contributed by atoms with E-state index in [0.29, 0.717) is 5.92 Å². The number of aromatic amines is 1. The van der Waals surface area contributed by atoms with Gasteiger partial charge in [0.25, 0.3) is 0 Å². The number of hydrogen-bond acceptors (Lipinski definition) is 4. The average molecular weight is 299 g/mol. The summed E-state index contributed by atoms with van der Waals surface area (Å²) in [5, 5.41) is 7.23. The number of aromatic nitrogens is 4. The SMILES string of the molecule is CC(=O)N1CCC(c2cc(-c3cc(C)[nH]n3)nc(C)n2)CC1. The molecule has 0 bridgehead atoms. The quantitative estimate of drug-likeness (QED) is 0.922.